The molecule has 0 saturated heterocycles. The Morgan fingerprint density at radius 2 is 2.06 bits per heavy atom. The van der Waals surface area contributed by atoms with Crippen LogP contribution < -0.4 is 5.32 Å². The summed E-state index contributed by atoms with van der Waals surface area (Å²) in [7, 11) is 0. The van der Waals surface area contributed by atoms with E-state index in [0.29, 0.717) is 18.0 Å². The van der Waals surface area contributed by atoms with Crippen molar-refractivity contribution >= 4 is 11.6 Å². The molecule has 0 aliphatic heterocycles. The maximum atomic E-state index is 6.19. The van der Waals surface area contributed by atoms with Crippen molar-refractivity contribution < 1.29 is 0 Å². The van der Waals surface area contributed by atoms with Crippen LogP contribution in [0.1, 0.15) is 44.6 Å². The summed E-state index contributed by atoms with van der Waals surface area (Å²) in [5.41, 5.74) is 1.33. The quantitative estimate of drug-likeness (QED) is 0.836. The average molecular weight is 238 g/mol. The van der Waals surface area contributed by atoms with Crippen molar-refractivity contribution in [3.63, 3.8) is 0 Å². The second-order valence-corrected chi connectivity index (χ2v) is 5.27. The van der Waals surface area contributed by atoms with E-state index in [1.165, 1.54) is 24.8 Å². The topological polar surface area (TPSA) is 12.0 Å². The minimum atomic E-state index is 0.636. The SMILES string of the molecule is CCC(C)NC1CC(c2ccccc2Cl)C1. The predicted octanol–water partition coefficient (Wildman–Crippen LogP) is 3.97. The minimum absolute atomic E-state index is 0.636. The van der Waals surface area contributed by atoms with E-state index in [4.69, 9.17) is 11.6 Å². The molecule has 1 fully saturated rings. The summed E-state index contributed by atoms with van der Waals surface area (Å²) >= 11 is 6.19. The molecule has 1 aromatic rings. The third-order valence-corrected chi connectivity index (χ3v) is 3.96. The molecule has 0 aromatic heterocycles. The van der Waals surface area contributed by atoms with Crippen LogP contribution in [0.5, 0.6) is 0 Å². The maximum absolute atomic E-state index is 6.19. The van der Waals surface area contributed by atoms with E-state index < -0.39 is 0 Å². The van der Waals surface area contributed by atoms with Gasteiger partial charge in [0.15, 0.2) is 0 Å². The Hall–Kier alpha value is -0.530. The van der Waals surface area contributed by atoms with Crippen LogP contribution in [0.4, 0.5) is 0 Å². The largest absolute Gasteiger partial charge is 0.311 e. The lowest BCUT2D eigenvalue weighted by Gasteiger charge is -2.38. The number of halogens is 1. The van der Waals surface area contributed by atoms with E-state index >= 15 is 0 Å². The number of nitrogens with one attached hydrogen (secondary N) is 1. The zero-order valence-corrected chi connectivity index (χ0v) is 10.8. The molecule has 1 saturated carbocycles. The van der Waals surface area contributed by atoms with Gasteiger partial charge in [-0.2, -0.15) is 0 Å². The highest BCUT2D eigenvalue weighted by Gasteiger charge is 2.31. The Kier molecular flexibility index (Phi) is 3.88. The van der Waals surface area contributed by atoms with Gasteiger partial charge < -0.3 is 5.32 Å². The first-order valence-electron chi connectivity index (χ1n) is 6.21. The third-order valence-electron chi connectivity index (χ3n) is 3.62. The van der Waals surface area contributed by atoms with Crippen molar-refractivity contribution in [2.75, 3.05) is 0 Å². The van der Waals surface area contributed by atoms with Gasteiger partial charge in [0.1, 0.15) is 0 Å². The van der Waals surface area contributed by atoms with E-state index in [2.05, 4.69) is 31.3 Å². The highest BCUT2D eigenvalue weighted by Crippen LogP contribution is 2.40. The molecule has 1 N–H and O–H groups in total. The van der Waals surface area contributed by atoms with E-state index in [9.17, 15) is 0 Å². The second-order valence-electron chi connectivity index (χ2n) is 4.86. The lowest BCUT2D eigenvalue weighted by molar-refractivity contribution is 0.267. The standard InChI is InChI=1S/C14H20ClN/c1-3-10(2)16-12-8-11(9-12)13-6-4-5-7-14(13)15/h4-7,10-12,16H,3,8-9H2,1-2H3. The molecule has 0 heterocycles. The normalized spacial score (nSPS) is 26.2. The Morgan fingerprint density at radius 3 is 2.69 bits per heavy atom. The van der Waals surface area contributed by atoms with Gasteiger partial charge in [-0.15, -0.1) is 0 Å². The van der Waals surface area contributed by atoms with Crippen LogP contribution in [-0.2, 0) is 0 Å². The molecule has 0 radical (unpaired) electrons. The first kappa shape index (κ1) is 11.9. The molecule has 0 spiro atoms. The van der Waals surface area contributed by atoms with Crippen LogP contribution in [0.25, 0.3) is 0 Å². The van der Waals surface area contributed by atoms with E-state index in [1.807, 2.05) is 12.1 Å². The van der Waals surface area contributed by atoms with Crippen molar-refractivity contribution in [3.05, 3.63) is 34.9 Å². The average Bonchev–Trinajstić information content (AvgIpc) is 2.24. The molecule has 2 heteroatoms. The molecule has 0 amide bonds. The van der Waals surface area contributed by atoms with Crippen LogP contribution in [0.2, 0.25) is 5.02 Å². The first-order valence-corrected chi connectivity index (χ1v) is 6.59. The molecule has 1 atom stereocenters. The van der Waals surface area contributed by atoms with Gasteiger partial charge in [-0.1, -0.05) is 36.7 Å². The lowest BCUT2D eigenvalue weighted by Crippen LogP contribution is -2.44. The zero-order chi connectivity index (χ0) is 11.5. The number of benzene rings is 1. The van der Waals surface area contributed by atoms with Gasteiger partial charge >= 0.3 is 0 Å². The molecule has 1 aromatic carbocycles. The van der Waals surface area contributed by atoms with Crippen LogP contribution >= 0.6 is 11.6 Å². The molecular weight excluding hydrogens is 218 g/mol. The molecule has 1 nitrogen and oxygen atoms in total. The van der Waals surface area contributed by atoms with Gasteiger partial charge in [-0.05, 0) is 43.7 Å². The summed E-state index contributed by atoms with van der Waals surface area (Å²) in [4.78, 5) is 0. The smallest absolute Gasteiger partial charge is 0.0440 e. The highest BCUT2D eigenvalue weighted by molar-refractivity contribution is 6.31. The Morgan fingerprint density at radius 1 is 1.38 bits per heavy atom. The fourth-order valence-electron chi connectivity index (χ4n) is 2.33. The number of hydrogen-bond acceptors (Lipinski definition) is 1. The fraction of sp³-hybridized carbons (Fsp3) is 0.571. The third kappa shape index (κ3) is 2.58. The van der Waals surface area contributed by atoms with Crippen LogP contribution in [-0.4, -0.2) is 12.1 Å². The van der Waals surface area contributed by atoms with Crippen LogP contribution in [0, 0.1) is 0 Å². The molecule has 1 unspecified atom stereocenters. The molecular formula is C14H20ClN. The monoisotopic (exact) mass is 237 g/mol. The number of rotatable bonds is 4. The summed E-state index contributed by atoms with van der Waals surface area (Å²) < 4.78 is 0. The minimum Gasteiger partial charge on any atom is -0.311 e. The van der Waals surface area contributed by atoms with Gasteiger partial charge in [0.05, 0.1) is 0 Å². The van der Waals surface area contributed by atoms with E-state index in [1.54, 1.807) is 0 Å². The van der Waals surface area contributed by atoms with E-state index in [-0.39, 0.29) is 0 Å². The van der Waals surface area contributed by atoms with Crippen molar-refractivity contribution in [1.82, 2.24) is 5.32 Å². The van der Waals surface area contributed by atoms with Crippen molar-refractivity contribution in [2.45, 2.75) is 51.1 Å². The van der Waals surface area contributed by atoms with E-state index in [0.717, 1.165) is 5.02 Å². The Labute approximate surface area is 103 Å². The van der Waals surface area contributed by atoms with Gasteiger partial charge in [-0.3, -0.25) is 0 Å². The van der Waals surface area contributed by atoms with Crippen molar-refractivity contribution in [1.29, 1.82) is 0 Å². The first-order chi connectivity index (χ1) is 7.70. The van der Waals surface area contributed by atoms with Crippen molar-refractivity contribution in [3.8, 4) is 0 Å². The van der Waals surface area contributed by atoms with Gasteiger partial charge in [-0.25, -0.2) is 0 Å². The molecule has 1 aliphatic carbocycles. The lowest BCUT2D eigenvalue weighted by atomic mass is 9.75. The summed E-state index contributed by atoms with van der Waals surface area (Å²) in [5, 5.41) is 4.57. The summed E-state index contributed by atoms with van der Waals surface area (Å²) in [5.74, 6) is 0.662. The molecule has 0 bridgehead atoms. The fourth-order valence-corrected chi connectivity index (χ4v) is 2.62. The summed E-state index contributed by atoms with van der Waals surface area (Å²) in [6.45, 7) is 4.48. The zero-order valence-electron chi connectivity index (χ0n) is 10.0. The molecule has 88 valence electrons. The molecule has 2 rings (SSSR count). The Bertz CT molecular complexity index is 344. The van der Waals surface area contributed by atoms with Gasteiger partial charge in [0, 0.05) is 17.1 Å². The number of hydrogen-bond donors (Lipinski definition) is 1. The summed E-state index contributed by atoms with van der Waals surface area (Å²) in [6.07, 6.45) is 3.66. The van der Waals surface area contributed by atoms with Gasteiger partial charge in [0.2, 0.25) is 0 Å². The predicted molar refractivity (Wildman–Crippen MR) is 70.1 cm³/mol. The highest BCUT2D eigenvalue weighted by atomic mass is 35.5. The van der Waals surface area contributed by atoms with Crippen LogP contribution in [0.15, 0.2) is 24.3 Å². The molecule has 1 aliphatic rings. The van der Waals surface area contributed by atoms with Crippen molar-refractivity contribution in [2.24, 2.45) is 0 Å². The summed E-state index contributed by atoms with van der Waals surface area (Å²) in [6, 6.07) is 9.56. The van der Waals surface area contributed by atoms with Gasteiger partial charge in [0.25, 0.3) is 0 Å². The van der Waals surface area contributed by atoms with Crippen LogP contribution in [0.3, 0.4) is 0 Å². The second kappa shape index (κ2) is 5.20. The molecule has 16 heavy (non-hydrogen) atoms. The Balaban J connectivity index is 1.87. The maximum Gasteiger partial charge on any atom is 0.0440 e.